The number of carbonyl (C=O) groups is 7. The molecule has 0 unspecified atom stereocenters. The van der Waals surface area contributed by atoms with E-state index in [-0.39, 0.29) is 16.7 Å². The number of halogens is 10. The Labute approximate surface area is 472 Å². The van der Waals surface area contributed by atoms with Gasteiger partial charge in [-0.3, -0.25) is 9.59 Å². The van der Waals surface area contributed by atoms with Crippen molar-refractivity contribution in [3.8, 4) is 0 Å². The maximum Gasteiger partial charge on any atom is 0.509 e. The average molecular weight is 1230 g/mol. The van der Waals surface area contributed by atoms with E-state index >= 15 is 4.79 Å². The standard InChI is InChI=1S/C49H51Cl6F4NO18/c1-22-27(73-38(65)32(62)31(24-13-15-26(56)16-14-24)60-39(66)78-43(5,6)49(57,58)59)18-46(69)36(76-37(64)25-11-9-8-10-12-25)34-44(7,35(63)33(30(22)42(46,3)4)75-41(68)72-21-48(53,54)55)28(74-40(67)71-20-47(50,51)52)17-29-45(34,19-70-29)77-23(2)61/h8-16,27-29,31-34,36,62,69H,17-21H2,1-7H3,(H,60,66)/t27-,28-,29+,31-,32+,33+,34-,36-,44+,45-,46+/m0/s1. The van der Waals surface area contributed by atoms with E-state index in [0.29, 0.717) is 13.8 Å². The van der Waals surface area contributed by atoms with E-state index in [4.69, 9.17) is 108 Å². The lowest BCUT2D eigenvalue weighted by molar-refractivity contribution is -0.346. The van der Waals surface area contributed by atoms with Crippen molar-refractivity contribution in [3.63, 3.8) is 0 Å². The second kappa shape index (κ2) is 22.7. The lowest BCUT2D eigenvalue weighted by Crippen LogP contribution is -2.82. The summed E-state index contributed by atoms with van der Waals surface area (Å²) in [6.45, 7) is 4.61. The first-order chi connectivity index (χ1) is 35.8. The Hall–Kier alpha value is -4.59. The van der Waals surface area contributed by atoms with E-state index < -0.39 is 176 Å². The number of amides is 1. The number of rotatable bonds is 13. The number of esters is 3. The molecule has 2 bridgehead atoms. The van der Waals surface area contributed by atoms with Gasteiger partial charge in [0.15, 0.2) is 23.6 Å². The Balaban J connectivity index is 1.60. The third kappa shape index (κ3) is 12.8. The number of fused-ring (bicyclic) bond motifs is 5. The first kappa shape index (κ1) is 62.6. The first-order valence-electron chi connectivity index (χ1n) is 23.3. The third-order valence-corrected chi connectivity index (χ3v) is 15.0. The maximum atomic E-state index is 16.3. The van der Waals surface area contributed by atoms with E-state index in [9.17, 15) is 56.5 Å². The van der Waals surface area contributed by atoms with Gasteiger partial charge in [0.1, 0.15) is 49.0 Å². The summed E-state index contributed by atoms with van der Waals surface area (Å²) in [5.74, 6) is -7.94. The topological polar surface area (TPSA) is 255 Å². The van der Waals surface area contributed by atoms with Gasteiger partial charge in [-0.15, -0.1) is 0 Å². The summed E-state index contributed by atoms with van der Waals surface area (Å²) in [6.07, 6.45) is -24.0. The zero-order chi connectivity index (χ0) is 58.5. The van der Waals surface area contributed by atoms with Gasteiger partial charge in [0.2, 0.25) is 13.2 Å². The average Bonchev–Trinajstić information content (AvgIpc) is 3.47. The lowest BCUT2D eigenvalue weighted by atomic mass is 9.44. The van der Waals surface area contributed by atoms with Crippen molar-refractivity contribution in [1.82, 2.24) is 5.32 Å². The van der Waals surface area contributed by atoms with Crippen molar-refractivity contribution >= 4 is 112 Å². The highest BCUT2D eigenvalue weighted by molar-refractivity contribution is 6.68. The largest absolute Gasteiger partial charge is 0.509 e. The highest BCUT2D eigenvalue weighted by atomic mass is 35.6. The van der Waals surface area contributed by atoms with Crippen LogP contribution in [0.1, 0.15) is 83.3 Å². The van der Waals surface area contributed by atoms with Crippen molar-refractivity contribution in [2.24, 2.45) is 16.7 Å². The molecule has 3 N–H and O–H groups in total. The van der Waals surface area contributed by atoms with Crippen molar-refractivity contribution in [1.29, 1.82) is 0 Å². The van der Waals surface area contributed by atoms with Gasteiger partial charge in [-0.25, -0.2) is 28.4 Å². The van der Waals surface area contributed by atoms with Crippen LogP contribution in [0.4, 0.5) is 31.9 Å². The maximum absolute atomic E-state index is 16.3. The molecule has 3 fully saturated rings. The molecule has 19 nitrogen and oxygen atoms in total. The smallest absolute Gasteiger partial charge is 0.456 e. The molecule has 1 aliphatic heterocycles. The molecule has 3 aliphatic carbocycles. The number of hydrogen-bond donors (Lipinski definition) is 3. The fourth-order valence-electron chi connectivity index (χ4n) is 10.4. The summed E-state index contributed by atoms with van der Waals surface area (Å²) < 4.78 is 102. The Morgan fingerprint density at radius 2 is 1.41 bits per heavy atom. The minimum atomic E-state index is -5.12. The normalized spacial score (nSPS) is 28.5. The fourth-order valence-corrected chi connectivity index (χ4v) is 10.7. The molecule has 1 heterocycles. The predicted molar refractivity (Wildman–Crippen MR) is 265 cm³/mol. The number of aliphatic hydroxyl groups excluding tert-OH is 1. The van der Waals surface area contributed by atoms with Crippen LogP contribution in [0.15, 0.2) is 65.7 Å². The van der Waals surface area contributed by atoms with E-state index in [1.807, 2.05) is 5.32 Å². The van der Waals surface area contributed by atoms with Gasteiger partial charge >= 0.3 is 42.5 Å². The number of ether oxygens (including phenoxy) is 9. The fraction of sp³-hybridized carbons (Fsp3) is 0.571. The molecule has 78 heavy (non-hydrogen) atoms. The minimum absolute atomic E-state index is 0.140. The quantitative estimate of drug-likeness (QED) is 0.0556. The van der Waals surface area contributed by atoms with Crippen molar-refractivity contribution in [2.45, 2.75) is 135 Å². The number of Topliss-reactive ketones (excluding diaryl/α,β-unsaturated/α-hetero) is 1. The molecule has 430 valence electrons. The highest BCUT2D eigenvalue weighted by Gasteiger charge is 2.79. The van der Waals surface area contributed by atoms with Crippen LogP contribution in [0.3, 0.4) is 0 Å². The van der Waals surface area contributed by atoms with Crippen molar-refractivity contribution in [3.05, 3.63) is 82.7 Å². The van der Waals surface area contributed by atoms with E-state index in [2.05, 4.69) is 4.74 Å². The van der Waals surface area contributed by atoms with Crippen LogP contribution >= 0.6 is 69.6 Å². The summed E-state index contributed by atoms with van der Waals surface area (Å²) in [4.78, 5) is 99.3. The highest BCUT2D eigenvalue weighted by Crippen LogP contribution is 2.65. The lowest BCUT2D eigenvalue weighted by Gasteiger charge is -2.67. The second-order valence-corrected chi connectivity index (χ2v) is 25.1. The summed E-state index contributed by atoms with van der Waals surface area (Å²) in [6, 6.07) is 8.69. The molecule has 2 aromatic rings. The van der Waals surface area contributed by atoms with Crippen LogP contribution in [0, 0.1) is 22.6 Å². The minimum Gasteiger partial charge on any atom is -0.456 e. The molecular formula is C49H51Cl6F4NO18. The van der Waals surface area contributed by atoms with Gasteiger partial charge in [-0.2, -0.15) is 13.2 Å². The van der Waals surface area contributed by atoms with Gasteiger partial charge in [-0.05, 0) is 68.7 Å². The van der Waals surface area contributed by atoms with Crippen LogP contribution < -0.4 is 5.32 Å². The van der Waals surface area contributed by atoms with E-state index in [1.54, 1.807) is 6.07 Å². The molecule has 29 heteroatoms. The Morgan fingerprint density at radius 3 is 1.92 bits per heavy atom. The Kier molecular flexibility index (Phi) is 18.3. The number of aliphatic hydroxyl groups is 2. The Bertz CT molecular complexity index is 2690. The molecule has 0 spiro atoms. The molecule has 0 radical (unpaired) electrons. The molecule has 1 amide bonds. The van der Waals surface area contributed by atoms with Gasteiger partial charge in [0.05, 0.1) is 29.5 Å². The summed E-state index contributed by atoms with van der Waals surface area (Å²) in [7, 11) is 0. The van der Waals surface area contributed by atoms with Crippen LogP contribution in [0.25, 0.3) is 0 Å². The Morgan fingerprint density at radius 1 is 0.846 bits per heavy atom. The number of ketones is 1. The molecule has 6 rings (SSSR count). The molecule has 0 aromatic heterocycles. The monoisotopic (exact) mass is 1230 g/mol. The van der Waals surface area contributed by atoms with Gasteiger partial charge in [-0.1, -0.05) is 114 Å². The number of alkyl carbamates (subject to hydrolysis) is 1. The molecule has 2 saturated carbocycles. The van der Waals surface area contributed by atoms with Crippen LogP contribution in [-0.4, -0.2) is 139 Å². The second-order valence-electron chi connectivity index (χ2n) is 20.1. The summed E-state index contributed by atoms with van der Waals surface area (Å²) >= 11 is 35.2. The SMILES string of the molecule is CC(=O)O[C@@]12CO[C@@H]1C[C@H](OC(=O)OCC(Cl)(Cl)Cl)[C@@]1(C)C(=O)[C@H](OC(=O)OCC(Cl)(Cl)Cl)C3=C(C)[C@@H](OC(=O)[C@H](O)[C@@H](NC(=O)OC(C)(C)C(F)(F)F)c4ccc(F)cc4)C[C@@](O)([C@@H](OC(=O)c4ccccc4)[C@H]21)C3(C)C. The first-order valence-corrected chi connectivity index (χ1v) is 25.6. The predicted octanol–water partition coefficient (Wildman–Crippen LogP) is 9.00. The van der Waals surface area contributed by atoms with Crippen LogP contribution in [0.5, 0.6) is 0 Å². The summed E-state index contributed by atoms with van der Waals surface area (Å²) in [5.41, 5.74) is -13.7. The molecule has 2 aromatic carbocycles. The molecule has 1 saturated heterocycles. The van der Waals surface area contributed by atoms with E-state index in [1.165, 1.54) is 52.0 Å². The third-order valence-electron chi connectivity index (χ3n) is 14.4. The zero-order valence-corrected chi connectivity index (χ0v) is 46.6. The van der Waals surface area contributed by atoms with Crippen molar-refractivity contribution < 1.29 is 104 Å². The number of hydrogen-bond acceptors (Lipinski definition) is 18. The molecular weight excluding hydrogens is 1180 g/mol. The van der Waals surface area contributed by atoms with Crippen molar-refractivity contribution in [2.75, 3.05) is 19.8 Å². The number of benzene rings is 2. The number of alkyl halides is 9. The summed E-state index contributed by atoms with van der Waals surface area (Å²) in [5, 5.41) is 27.7. The van der Waals surface area contributed by atoms with Gasteiger partial charge < -0.3 is 58.2 Å². The van der Waals surface area contributed by atoms with Gasteiger partial charge in [0, 0.05) is 25.2 Å². The number of nitrogens with one attached hydrogen (secondary N) is 1. The van der Waals surface area contributed by atoms with Gasteiger partial charge in [0.25, 0.3) is 0 Å². The van der Waals surface area contributed by atoms with Crippen LogP contribution in [0.2, 0.25) is 0 Å². The van der Waals surface area contributed by atoms with Crippen LogP contribution in [-0.2, 0) is 57.0 Å². The molecule has 4 aliphatic rings. The van der Waals surface area contributed by atoms with E-state index in [0.717, 1.165) is 31.2 Å². The number of carbonyl (C=O) groups excluding carboxylic acids is 7. The molecule has 11 atom stereocenters. The zero-order valence-electron chi connectivity index (χ0n) is 42.1.